The van der Waals surface area contributed by atoms with Crippen LogP contribution in [0, 0.1) is 6.92 Å². The minimum atomic E-state index is 0.478. The van der Waals surface area contributed by atoms with Gasteiger partial charge >= 0.3 is 0 Å². The average molecular weight is 329 g/mol. The largest absolute Gasteiger partial charge is 0.338 e. The summed E-state index contributed by atoms with van der Waals surface area (Å²) in [5, 5.41) is 12.5. The molecule has 120 valence electrons. The fraction of sp³-hybridized carbons (Fsp3) is 0.438. The van der Waals surface area contributed by atoms with E-state index in [9.17, 15) is 0 Å². The smallest absolute Gasteiger partial charge is 0.241 e. The van der Waals surface area contributed by atoms with Gasteiger partial charge in [0, 0.05) is 23.2 Å². The molecular formula is C16H19N5OS. The van der Waals surface area contributed by atoms with Crippen LogP contribution in [0.4, 0.5) is 0 Å². The molecule has 1 saturated heterocycles. The first-order valence-corrected chi connectivity index (χ1v) is 8.80. The first-order chi connectivity index (χ1) is 11.3. The maximum absolute atomic E-state index is 5.43. The molecule has 0 aliphatic carbocycles. The highest BCUT2D eigenvalue weighted by molar-refractivity contribution is 7.08. The van der Waals surface area contributed by atoms with Gasteiger partial charge in [0.2, 0.25) is 11.7 Å². The van der Waals surface area contributed by atoms with Crippen LogP contribution in [0.1, 0.15) is 24.3 Å². The van der Waals surface area contributed by atoms with Crippen LogP contribution in [0.2, 0.25) is 0 Å². The lowest BCUT2D eigenvalue weighted by atomic mass is 10.2. The van der Waals surface area contributed by atoms with Gasteiger partial charge in [0.25, 0.3) is 0 Å². The zero-order valence-corrected chi connectivity index (χ0v) is 13.9. The molecule has 1 atom stereocenters. The van der Waals surface area contributed by atoms with Crippen molar-refractivity contribution < 1.29 is 4.52 Å². The van der Waals surface area contributed by atoms with E-state index in [1.807, 2.05) is 27.7 Å². The Labute approximate surface area is 138 Å². The number of aryl methyl sites for hydroxylation is 1. The molecule has 4 rings (SSSR count). The van der Waals surface area contributed by atoms with Crippen LogP contribution in [0.5, 0.6) is 0 Å². The molecule has 4 heterocycles. The van der Waals surface area contributed by atoms with Crippen LogP contribution in [0.25, 0.3) is 11.4 Å². The van der Waals surface area contributed by atoms with Crippen LogP contribution < -0.4 is 0 Å². The maximum Gasteiger partial charge on any atom is 0.241 e. The van der Waals surface area contributed by atoms with Crippen molar-refractivity contribution in [1.82, 2.24) is 24.8 Å². The lowest BCUT2D eigenvalue weighted by Crippen LogP contribution is -2.32. The van der Waals surface area contributed by atoms with E-state index in [1.165, 1.54) is 18.4 Å². The summed E-state index contributed by atoms with van der Waals surface area (Å²) in [6.45, 7) is 4.77. The van der Waals surface area contributed by atoms with E-state index in [4.69, 9.17) is 4.52 Å². The van der Waals surface area contributed by atoms with Gasteiger partial charge in [0.15, 0.2) is 0 Å². The second-order valence-corrected chi connectivity index (χ2v) is 6.81. The van der Waals surface area contributed by atoms with Gasteiger partial charge in [-0.05, 0) is 43.3 Å². The molecule has 23 heavy (non-hydrogen) atoms. The van der Waals surface area contributed by atoms with E-state index < -0.39 is 0 Å². The molecule has 0 amide bonds. The Balaban J connectivity index is 1.43. The number of rotatable bonds is 5. The van der Waals surface area contributed by atoms with E-state index in [0.717, 1.165) is 18.7 Å². The number of aromatic nitrogens is 4. The van der Waals surface area contributed by atoms with E-state index in [0.29, 0.717) is 24.3 Å². The molecule has 0 bridgehead atoms. The van der Waals surface area contributed by atoms with E-state index in [1.54, 1.807) is 11.3 Å². The Bertz CT molecular complexity index is 763. The molecule has 0 saturated carbocycles. The molecule has 3 aromatic rings. The number of hydrogen-bond donors (Lipinski definition) is 0. The molecule has 0 unspecified atom stereocenters. The van der Waals surface area contributed by atoms with Crippen molar-refractivity contribution in [1.29, 1.82) is 0 Å². The average Bonchev–Trinajstić information content (AvgIpc) is 3.29. The first-order valence-electron chi connectivity index (χ1n) is 7.86. The molecule has 3 aromatic heterocycles. The predicted octanol–water partition coefficient (Wildman–Crippen LogP) is 2.97. The minimum absolute atomic E-state index is 0.478. The zero-order valence-electron chi connectivity index (χ0n) is 13.1. The Kier molecular flexibility index (Phi) is 3.97. The highest BCUT2D eigenvalue weighted by Crippen LogP contribution is 2.23. The molecule has 1 aliphatic heterocycles. The fourth-order valence-corrected chi connectivity index (χ4v) is 3.73. The van der Waals surface area contributed by atoms with Crippen molar-refractivity contribution in [3.63, 3.8) is 0 Å². The second-order valence-electron chi connectivity index (χ2n) is 6.03. The van der Waals surface area contributed by atoms with Gasteiger partial charge in [-0.25, -0.2) is 0 Å². The third-order valence-corrected chi connectivity index (χ3v) is 4.93. The lowest BCUT2D eigenvalue weighted by Gasteiger charge is -2.22. The number of thiophene rings is 1. The van der Waals surface area contributed by atoms with Crippen molar-refractivity contribution in [3.05, 3.63) is 40.7 Å². The standard InChI is InChI=1S/C16H19N5OS/c1-12-7-17-21(8-12)9-14-3-2-5-20(14)10-15-18-16(19-22-15)13-4-6-23-11-13/h4,6-8,11,14H,2-3,5,9-10H2,1H3/t14-/m1/s1. The predicted molar refractivity (Wildman–Crippen MR) is 88.0 cm³/mol. The van der Waals surface area contributed by atoms with Gasteiger partial charge in [-0.2, -0.15) is 21.4 Å². The molecule has 1 aliphatic rings. The van der Waals surface area contributed by atoms with Gasteiger partial charge in [-0.3, -0.25) is 9.58 Å². The molecule has 6 nitrogen and oxygen atoms in total. The SMILES string of the molecule is Cc1cnn(C[C@H]2CCCN2Cc2nc(-c3ccsc3)no2)c1. The second kappa shape index (κ2) is 6.25. The van der Waals surface area contributed by atoms with Crippen molar-refractivity contribution in [2.24, 2.45) is 0 Å². The summed E-state index contributed by atoms with van der Waals surface area (Å²) in [4.78, 5) is 6.95. The van der Waals surface area contributed by atoms with E-state index in [2.05, 4.69) is 33.3 Å². The quantitative estimate of drug-likeness (QED) is 0.720. The molecular weight excluding hydrogens is 310 g/mol. The number of nitrogens with zero attached hydrogens (tertiary/aromatic N) is 5. The Morgan fingerprint density at radius 2 is 2.39 bits per heavy atom. The van der Waals surface area contributed by atoms with Crippen LogP contribution >= 0.6 is 11.3 Å². The highest BCUT2D eigenvalue weighted by Gasteiger charge is 2.26. The summed E-state index contributed by atoms with van der Waals surface area (Å²) >= 11 is 1.64. The summed E-state index contributed by atoms with van der Waals surface area (Å²) in [6, 6.07) is 2.49. The van der Waals surface area contributed by atoms with Crippen molar-refractivity contribution in [2.45, 2.75) is 38.9 Å². The monoisotopic (exact) mass is 329 g/mol. The summed E-state index contributed by atoms with van der Waals surface area (Å²) in [5.74, 6) is 1.37. The molecule has 0 aromatic carbocycles. The maximum atomic E-state index is 5.43. The van der Waals surface area contributed by atoms with E-state index in [-0.39, 0.29) is 0 Å². The van der Waals surface area contributed by atoms with Crippen LogP contribution in [0.15, 0.2) is 33.7 Å². The van der Waals surface area contributed by atoms with Gasteiger partial charge in [0.1, 0.15) is 0 Å². The molecule has 0 radical (unpaired) electrons. The minimum Gasteiger partial charge on any atom is -0.338 e. The van der Waals surface area contributed by atoms with Gasteiger partial charge in [0.05, 0.1) is 19.3 Å². The Hall–Kier alpha value is -1.99. The Morgan fingerprint density at radius 3 is 3.17 bits per heavy atom. The van der Waals surface area contributed by atoms with Crippen molar-refractivity contribution >= 4 is 11.3 Å². The van der Waals surface area contributed by atoms with Gasteiger partial charge in [-0.1, -0.05) is 5.16 Å². The van der Waals surface area contributed by atoms with Gasteiger partial charge < -0.3 is 4.52 Å². The van der Waals surface area contributed by atoms with E-state index >= 15 is 0 Å². The topological polar surface area (TPSA) is 60.0 Å². The summed E-state index contributed by atoms with van der Waals surface area (Å²) in [6.07, 6.45) is 6.39. The lowest BCUT2D eigenvalue weighted by molar-refractivity contribution is 0.192. The highest BCUT2D eigenvalue weighted by atomic mass is 32.1. The molecule has 7 heteroatoms. The van der Waals surface area contributed by atoms with Crippen molar-refractivity contribution in [3.8, 4) is 11.4 Å². The van der Waals surface area contributed by atoms with Gasteiger partial charge in [-0.15, -0.1) is 0 Å². The normalized spacial score (nSPS) is 18.7. The summed E-state index contributed by atoms with van der Waals surface area (Å²) in [7, 11) is 0. The fourth-order valence-electron chi connectivity index (χ4n) is 3.09. The van der Waals surface area contributed by atoms with Crippen LogP contribution in [-0.2, 0) is 13.1 Å². The molecule has 1 fully saturated rings. The Morgan fingerprint density at radius 1 is 1.43 bits per heavy atom. The summed E-state index contributed by atoms with van der Waals surface area (Å²) < 4.78 is 7.46. The third-order valence-electron chi connectivity index (χ3n) is 4.25. The molecule has 0 spiro atoms. The molecule has 0 N–H and O–H groups in total. The van der Waals surface area contributed by atoms with Crippen LogP contribution in [0.3, 0.4) is 0 Å². The van der Waals surface area contributed by atoms with Crippen molar-refractivity contribution in [2.75, 3.05) is 6.54 Å². The summed E-state index contributed by atoms with van der Waals surface area (Å²) in [5.41, 5.74) is 2.22. The first kappa shape index (κ1) is 14.6. The number of hydrogen-bond acceptors (Lipinski definition) is 6. The third kappa shape index (κ3) is 3.20. The van der Waals surface area contributed by atoms with Crippen LogP contribution in [-0.4, -0.2) is 37.4 Å². The zero-order chi connectivity index (χ0) is 15.6. The number of likely N-dealkylation sites (tertiary alicyclic amines) is 1.